The number of hydrogen-bond acceptors (Lipinski definition) is 3. The third kappa shape index (κ3) is 3.09. The molecule has 0 atom stereocenters. The molecule has 1 aliphatic rings. The highest BCUT2D eigenvalue weighted by Gasteiger charge is 2.37. The fraction of sp³-hybridized carbons (Fsp3) is 0.818. The Bertz CT molecular complexity index is 284. The number of piperazine rings is 1. The third-order valence-electron chi connectivity index (χ3n) is 3.37. The maximum atomic E-state index is 12.0. The fourth-order valence-corrected chi connectivity index (χ4v) is 1.93. The van der Waals surface area contributed by atoms with Crippen LogP contribution in [-0.2, 0) is 4.79 Å². The van der Waals surface area contributed by atoms with E-state index in [4.69, 9.17) is 0 Å². The average Bonchev–Trinajstić information content (AvgIpc) is 2.36. The van der Waals surface area contributed by atoms with E-state index in [1.807, 2.05) is 0 Å². The van der Waals surface area contributed by atoms with Crippen LogP contribution in [0.4, 0.5) is 4.79 Å². The molecule has 0 saturated carbocycles. The first kappa shape index (κ1) is 13.8. The molecule has 17 heavy (non-hydrogen) atoms. The first-order valence-electron chi connectivity index (χ1n) is 6.07. The lowest BCUT2D eigenvalue weighted by atomic mass is 9.93. The quantitative estimate of drug-likeness (QED) is 0.661. The standard InChI is InChI=1S/C11H21N3O3/c1-3-11(4-2,9(15)16)13-10(17)14-7-5-12-6-8-14/h12H,3-8H2,1-2H3,(H,13,17)(H,15,16). The number of carboxylic acids is 1. The summed E-state index contributed by atoms with van der Waals surface area (Å²) in [6.07, 6.45) is 0.771. The smallest absolute Gasteiger partial charge is 0.329 e. The summed E-state index contributed by atoms with van der Waals surface area (Å²) in [5, 5.41) is 15.0. The molecule has 0 bridgehead atoms. The van der Waals surface area contributed by atoms with Gasteiger partial charge in [-0.15, -0.1) is 0 Å². The predicted molar refractivity (Wildman–Crippen MR) is 63.9 cm³/mol. The van der Waals surface area contributed by atoms with Gasteiger partial charge >= 0.3 is 12.0 Å². The summed E-state index contributed by atoms with van der Waals surface area (Å²) in [6, 6.07) is -0.280. The van der Waals surface area contributed by atoms with Crippen molar-refractivity contribution in [2.24, 2.45) is 0 Å². The Morgan fingerprint density at radius 3 is 2.24 bits per heavy atom. The number of rotatable bonds is 4. The highest BCUT2D eigenvalue weighted by molar-refractivity contribution is 5.86. The van der Waals surface area contributed by atoms with Gasteiger partial charge in [-0.05, 0) is 12.8 Å². The van der Waals surface area contributed by atoms with Crippen molar-refractivity contribution in [2.45, 2.75) is 32.2 Å². The number of amides is 2. The van der Waals surface area contributed by atoms with E-state index < -0.39 is 11.5 Å². The number of carbonyl (C=O) groups excluding carboxylic acids is 1. The van der Waals surface area contributed by atoms with Crippen molar-refractivity contribution >= 4 is 12.0 Å². The maximum Gasteiger partial charge on any atom is 0.329 e. The second-order valence-corrected chi connectivity index (χ2v) is 4.26. The zero-order valence-electron chi connectivity index (χ0n) is 10.5. The minimum atomic E-state index is -1.14. The first-order valence-corrected chi connectivity index (χ1v) is 6.07. The summed E-state index contributed by atoms with van der Waals surface area (Å²) in [5.41, 5.74) is -1.14. The average molecular weight is 243 g/mol. The molecule has 1 saturated heterocycles. The Morgan fingerprint density at radius 2 is 1.82 bits per heavy atom. The molecule has 2 amide bonds. The second-order valence-electron chi connectivity index (χ2n) is 4.26. The number of carbonyl (C=O) groups is 2. The summed E-state index contributed by atoms with van der Waals surface area (Å²) in [5.74, 6) is -0.967. The molecular formula is C11H21N3O3. The largest absolute Gasteiger partial charge is 0.480 e. The van der Waals surface area contributed by atoms with Gasteiger partial charge in [0.15, 0.2) is 0 Å². The van der Waals surface area contributed by atoms with E-state index in [-0.39, 0.29) is 6.03 Å². The van der Waals surface area contributed by atoms with Gasteiger partial charge < -0.3 is 20.6 Å². The van der Waals surface area contributed by atoms with Crippen molar-refractivity contribution in [2.75, 3.05) is 26.2 Å². The Hall–Kier alpha value is -1.30. The van der Waals surface area contributed by atoms with Gasteiger partial charge in [-0.1, -0.05) is 13.8 Å². The van der Waals surface area contributed by atoms with Crippen LogP contribution in [0.25, 0.3) is 0 Å². The van der Waals surface area contributed by atoms with Crippen LogP contribution in [-0.4, -0.2) is 53.7 Å². The zero-order chi connectivity index (χ0) is 12.9. The molecule has 98 valence electrons. The molecule has 6 nitrogen and oxygen atoms in total. The molecule has 1 aliphatic heterocycles. The molecule has 0 radical (unpaired) electrons. The zero-order valence-corrected chi connectivity index (χ0v) is 10.5. The van der Waals surface area contributed by atoms with Gasteiger partial charge in [0.2, 0.25) is 0 Å². The SMILES string of the molecule is CCC(CC)(NC(=O)N1CCNCC1)C(=O)O. The minimum absolute atomic E-state index is 0.280. The Labute approximate surface area is 101 Å². The van der Waals surface area contributed by atoms with E-state index in [2.05, 4.69) is 10.6 Å². The summed E-state index contributed by atoms with van der Waals surface area (Å²) >= 11 is 0. The summed E-state index contributed by atoms with van der Waals surface area (Å²) in [4.78, 5) is 24.9. The number of aliphatic carboxylic acids is 1. The van der Waals surface area contributed by atoms with Crippen molar-refractivity contribution in [3.63, 3.8) is 0 Å². The van der Waals surface area contributed by atoms with E-state index in [9.17, 15) is 14.7 Å². The number of carboxylic acid groups (broad SMARTS) is 1. The van der Waals surface area contributed by atoms with E-state index in [0.717, 1.165) is 13.1 Å². The normalized spacial score (nSPS) is 16.7. The van der Waals surface area contributed by atoms with E-state index in [0.29, 0.717) is 25.9 Å². The van der Waals surface area contributed by atoms with Crippen LogP contribution in [0, 0.1) is 0 Å². The molecule has 0 aromatic carbocycles. The van der Waals surface area contributed by atoms with Crippen molar-refractivity contribution in [1.29, 1.82) is 0 Å². The minimum Gasteiger partial charge on any atom is -0.480 e. The second kappa shape index (κ2) is 5.86. The Kier molecular flexibility index (Phi) is 4.74. The molecule has 0 aromatic rings. The van der Waals surface area contributed by atoms with Crippen LogP contribution in [0.1, 0.15) is 26.7 Å². The van der Waals surface area contributed by atoms with Crippen LogP contribution in [0.5, 0.6) is 0 Å². The molecule has 0 unspecified atom stereocenters. The summed E-state index contributed by atoms with van der Waals surface area (Å²) < 4.78 is 0. The molecule has 1 rings (SSSR count). The van der Waals surface area contributed by atoms with Crippen LogP contribution >= 0.6 is 0 Å². The molecule has 0 spiro atoms. The Balaban J connectivity index is 2.66. The van der Waals surface area contributed by atoms with E-state index >= 15 is 0 Å². The highest BCUT2D eigenvalue weighted by Crippen LogP contribution is 2.16. The van der Waals surface area contributed by atoms with Gasteiger partial charge in [0, 0.05) is 26.2 Å². The molecular weight excluding hydrogens is 222 g/mol. The third-order valence-corrected chi connectivity index (χ3v) is 3.37. The monoisotopic (exact) mass is 243 g/mol. The summed E-state index contributed by atoms with van der Waals surface area (Å²) in [6.45, 7) is 6.30. The molecule has 0 aliphatic carbocycles. The van der Waals surface area contributed by atoms with E-state index in [1.54, 1.807) is 18.7 Å². The lowest BCUT2D eigenvalue weighted by Gasteiger charge is -2.33. The van der Waals surface area contributed by atoms with Crippen molar-refractivity contribution in [1.82, 2.24) is 15.5 Å². The van der Waals surface area contributed by atoms with Crippen molar-refractivity contribution < 1.29 is 14.7 Å². The van der Waals surface area contributed by atoms with Gasteiger partial charge in [-0.25, -0.2) is 9.59 Å². The van der Waals surface area contributed by atoms with Crippen LogP contribution in [0.2, 0.25) is 0 Å². The number of urea groups is 1. The summed E-state index contributed by atoms with van der Waals surface area (Å²) in [7, 11) is 0. The highest BCUT2D eigenvalue weighted by atomic mass is 16.4. The molecule has 0 aromatic heterocycles. The lowest BCUT2D eigenvalue weighted by molar-refractivity contribution is -0.144. The topological polar surface area (TPSA) is 81.7 Å². The van der Waals surface area contributed by atoms with Gasteiger partial charge in [-0.2, -0.15) is 0 Å². The number of hydrogen-bond donors (Lipinski definition) is 3. The van der Waals surface area contributed by atoms with Gasteiger partial charge in [-0.3, -0.25) is 0 Å². The van der Waals surface area contributed by atoms with Gasteiger partial charge in [0.05, 0.1) is 0 Å². The Morgan fingerprint density at radius 1 is 1.29 bits per heavy atom. The maximum absolute atomic E-state index is 12.0. The molecule has 1 heterocycles. The van der Waals surface area contributed by atoms with Gasteiger partial charge in [0.1, 0.15) is 5.54 Å². The van der Waals surface area contributed by atoms with Crippen LogP contribution in [0.15, 0.2) is 0 Å². The number of nitrogens with one attached hydrogen (secondary N) is 2. The van der Waals surface area contributed by atoms with E-state index in [1.165, 1.54) is 0 Å². The fourth-order valence-electron chi connectivity index (χ4n) is 1.93. The lowest BCUT2D eigenvalue weighted by Crippen LogP contribution is -2.59. The molecule has 1 fully saturated rings. The van der Waals surface area contributed by atoms with Crippen molar-refractivity contribution in [3.05, 3.63) is 0 Å². The molecule has 3 N–H and O–H groups in total. The van der Waals surface area contributed by atoms with Gasteiger partial charge in [0.25, 0.3) is 0 Å². The number of nitrogens with zero attached hydrogens (tertiary/aromatic N) is 1. The van der Waals surface area contributed by atoms with Crippen LogP contribution < -0.4 is 10.6 Å². The predicted octanol–water partition coefficient (Wildman–Crippen LogP) is 0.245. The van der Waals surface area contributed by atoms with Crippen molar-refractivity contribution in [3.8, 4) is 0 Å². The van der Waals surface area contributed by atoms with Crippen LogP contribution in [0.3, 0.4) is 0 Å². The first-order chi connectivity index (χ1) is 8.05. The molecule has 6 heteroatoms.